The second-order valence-corrected chi connectivity index (χ2v) is 11.2. The maximum atomic E-state index is 14.1. The van der Waals surface area contributed by atoms with Crippen LogP contribution in [0, 0.1) is 5.82 Å². The van der Waals surface area contributed by atoms with E-state index >= 15 is 0 Å². The summed E-state index contributed by atoms with van der Waals surface area (Å²) in [6.45, 7) is 7.37. The van der Waals surface area contributed by atoms with Crippen LogP contribution in [0.15, 0.2) is 53.6 Å². The first kappa shape index (κ1) is 26.2. The molecule has 3 aromatic rings. The molecule has 0 spiro atoms. The molecule has 0 unspecified atom stereocenters. The molecular formula is C27H33ClFN7S. The van der Waals surface area contributed by atoms with Crippen LogP contribution < -0.4 is 10.2 Å². The molecule has 7 nitrogen and oxygen atoms in total. The number of halogens is 2. The second-order valence-electron chi connectivity index (χ2n) is 9.66. The maximum absolute atomic E-state index is 14.1. The number of aromatic nitrogens is 2. The van der Waals surface area contributed by atoms with Gasteiger partial charge in [-0.1, -0.05) is 23.7 Å². The SMILES string of the molecule is CN1CCN(Cc2ccc(Nc3ncc(Cl)c(N(C)c4ccc(F)cc4SN4CCCC4)n3)cc2)CC1. The van der Waals surface area contributed by atoms with Crippen LogP contribution in [0.3, 0.4) is 0 Å². The Morgan fingerprint density at radius 2 is 1.76 bits per heavy atom. The molecule has 2 fully saturated rings. The van der Waals surface area contributed by atoms with E-state index in [1.807, 2.05) is 11.9 Å². The van der Waals surface area contributed by atoms with Crippen LogP contribution in [0.2, 0.25) is 5.02 Å². The van der Waals surface area contributed by atoms with Gasteiger partial charge in [-0.15, -0.1) is 0 Å². The molecular weight excluding hydrogens is 509 g/mol. The lowest BCUT2D eigenvalue weighted by atomic mass is 10.2. The van der Waals surface area contributed by atoms with Crippen LogP contribution in [0.25, 0.3) is 0 Å². The molecule has 0 bridgehead atoms. The number of rotatable bonds is 8. The van der Waals surface area contributed by atoms with E-state index in [1.165, 1.54) is 11.6 Å². The minimum atomic E-state index is -0.258. The zero-order chi connectivity index (χ0) is 25.8. The highest BCUT2D eigenvalue weighted by Crippen LogP contribution is 2.38. The summed E-state index contributed by atoms with van der Waals surface area (Å²) in [6, 6.07) is 13.2. The van der Waals surface area contributed by atoms with Crippen LogP contribution in [0.5, 0.6) is 0 Å². The van der Waals surface area contributed by atoms with Gasteiger partial charge in [0.25, 0.3) is 0 Å². The third kappa shape index (κ3) is 6.72. The van der Waals surface area contributed by atoms with E-state index in [0.717, 1.165) is 74.9 Å². The van der Waals surface area contributed by atoms with Crippen molar-refractivity contribution in [3.05, 3.63) is 65.1 Å². The predicted octanol–water partition coefficient (Wildman–Crippen LogP) is 5.63. The van der Waals surface area contributed by atoms with Crippen molar-refractivity contribution >= 4 is 46.7 Å². The first-order valence-corrected chi connectivity index (χ1v) is 13.9. The quantitative estimate of drug-likeness (QED) is 0.368. The Balaban J connectivity index is 1.29. The van der Waals surface area contributed by atoms with Gasteiger partial charge >= 0.3 is 0 Å². The van der Waals surface area contributed by atoms with E-state index < -0.39 is 0 Å². The van der Waals surface area contributed by atoms with Gasteiger partial charge in [-0.3, -0.25) is 4.90 Å². The van der Waals surface area contributed by atoms with E-state index in [2.05, 4.69) is 55.7 Å². The zero-order valence-corrected chi connectivity index (χ0v) is 22.9. The molecule has 37 heavy (non-hydrogen) atoms. The monoisotopic (exact) mass is 541 g/mol. The number of nitrogens with zero attached hydrogens (tertiary/aromatic N) is 6. The van der Waals surface area contributed by atoms with E-state index in [-0.39, 0.29) is 5.82 Å². The van der Waals surface area contributed by atoms with Gasteiger partial charge in [-0.25, -0.2) is 13.7 Å². The van der Waals surface area contributed by atoms with E-state index in [1.54, 1.807) is 30.3 Å². The number of benzene rings is 2. The molecule has 10 heteroatoms. The summed E-state index contributed by atoms with van der Waals surface area (Å²) in [7, 11) is 4.07. The molecule has 0 saturated carbocycles. The van der Waals surface area contributed by atoms with Crippen LogP contribution in [0.1, 0.15) is 18.4 Å². The number of hydrogen-bond donors (Lipinski definition) is 1. The zero-order valence-electron chi connectivity index (χ0n) is 21.3. The van der Waals surface area contributed by atoms with Crippen molar-refractivity contribution < 1.29 is 4.39 Å². The molecule has 3 heterocycles. The highest BCUT2D eigenvalue weighted by atomic mass is 35.5. The van der Waals surface area contributed by atoms with Gasteiger partial charge < -0.3 is 15.1 Å². The van der Waals surface area contributed by atoms with Crippen molar-refractivity contribution in [2.75, 3.05) is 63.6 Å². The molecule has 0 radical (unpaired) electrons. The van der Waals surface area contributed by atoms with Gasteiger partial charge in [0, 0.05) is 63.4 Å². The fraction of sp³-hybridized carbons (Fsp3) is 0.407. The summed E-state index contributed by atoms with van der Waals surface area (Å²) in [5, 5.41) is 3.72. The molecule has 196 valence electrons. The molecule has 0 atom stereocenters. The molecule has 2 aliphatic heterocycles. The summed E-state index contributed by atoms with van der Waals surface area (Å²) in [5.74, 6) is 0.751. The van der Waals surface area contributed by atoms with Crippen molar-refractivity contribution in [2.45, 2.75) is 24.3 Å². The van der Waals surface area contributed by atoms with Gasteiger partial charge in [-0.2, -0.15) is 4.98 Å². The summed E-state index contributed by atoms with van der Waals surface area (Å²) < 4.78 is 16.4. The van der Waals surface area contributed by atoms with Gasteiger partial charge in [0.05, 0.1) is 11.9 Å². The molecule has 5 rings (SSSR count). The van der Waals surface area contributed by atoms with Crippen molar-refractivity contribution in [1.29, 1.82) is 0 Å². The topological polar surface area (TPSA) is 50.8 Å². The van der Waals surface area contributed by atoms with Crippen molar-refractivity contribution in [1.82, 2.24) is 24.1 Å². The van der Waals surface area contributed by atoms with Crippen LogP contribution >= 0.6 is 23.5 Å². The molecule has 0 amide bonds. The van der Waals surface area contributed by atoms with Crippen molar-refractivity contribution in [3.8, 4) is 0 Å². The minimum Gasteiger partial charge on any atom is -0.327 e. The van der Waals surface area contributed by atoms with Crippen LogP contribution in [-0.2, 0) is 6.54 Å². The molecule has 0 aliphatic carbocycles. The molecule has 1 N–H and O–H groups in total. The smallest absolute Gasteiger partial charge is 0.229 e. The largest absolute Gasteiger partial charge is 0.327 e. The normalized spacial score (nSPS) is 17.3. The highest BCUT2D eigenvalue weighted by Gasteiger charge is 2.20. The van der Waals surface area contributed by atoms with Gasteiger partial charge in [0.2, 0.25) is 5.95 Å². The first-order valence-electron chi connectivity index (χ1n) is 12.7. The lowest BCUT2D eigenvalue weighted by Crippen LogP contribution is -2.43. The summed E-state index contributed by atoms with van der Waals surface area (Å²) in [5.41, 5.74) is 3.04. The van der Waals surface area contributed by atoms with Gasteiger partial charge in [-0.05, 0) is 67.7 Å². The fourth-order valence-corrected chi connectivity index (χ4v) is 6.01. The van der Waals surface area contributed by atoms with Crippen molar-refractivity contribution in [2.24, 2.45) is 0 Å². The number of piperazine rings is 1. The van der Waals surface area contributed by atoms with Crippen molar-refractivity contribution in [3.63, 3.8) is 0 Å². The number of hydrogen-bond acceptors (Lipinski definition) is 8. The van der Waals surface area contributed by atoms with E-state index in [9.17, 15) is 4.39 Å². The van der Waals surface area contributed by atoms with Gasteiger partial charge in [0.15, 0.2) is 5.82 Å². The molecule has 2 saturated heterocycles. The third-order valence-corrected chi connectivity index (χ3v) is 8.24. The van der Waals surface area contributed by atoms with Gasteiger partial charge in [0.1, 0.15) is 10.8 Å². The van der Waals surface area contributed by atoms with Crippen LogP contribution in [-0.4, -0.2) is 77.4 Å². The predicted molar refractivity (Wildman–Crippen MR) is 151 cm³/mol. The minimum absolute atomic E-state index is 0.258. The number of likely N-dealkylation sites (N-methyl/N-ethyl adjacent to an activating group) is 1. The Labute approximate surface area is 227 Å². The Hall–Kier alpha value is -2.43. The Morgan fingerprint density at radius 3 is 2.49 bits per heavy atom. The maximum Gasteiger partial charge on any atom is 0.229 e. The summed E-state index contributed by atoms with van der Waals surface area (Å²) in [4.78, 5) is 16.7. The second kappa shape index (κ2) is 12.0. The Bertz CT molecular complexity index is 1200. The van der Waals surface area contributed by atoms with E-state index in [0.29, 0.717) is 16.8 Å². The third-order valence-electron chi connectivity index (χ3n) is 6.83. The molecule has 2 aromatic carbocycles. The Kier molecular flexibility index (Phi) is 8.46. The molecule has 1 aromatic heterocycles. The molecule has 2 aliphatic rings. The Morgan fingerprint density at radius 1 is 1.03 bits per heavy atom. The highest BCUT2D eigenvalue weighted by molar-refractivity contribution is 7.97. The average Bonchev–Trinajstić information content (AvgIpc) is 3.41. The van der Waals surface area contributed by atoms with E-state index in [4.69, 9.17) is 16.6 Å². The number of nitrogens with one attached hydrogen (secondary N) is 1. The lowest BCUT2D eigenvalue weighted by Gasteiger charge is -2.32. The summed E-state index contributed by atoms with van der Waals surface area (Å²) >= 11 is 8.11. The summed E-state index contributed by atoms with van der Waals surface area (Å²) in [6.07, 6.45) is 3.93. The fourth-order valence-electron chi connectivity index (χ4n) is 4.61. The standard InChI is InChI=1S/C27H33ClFN7S/c1-33-13-15-35(16-14-33)19-20-5-8-22(9-6-20)31-27-30-18-23(28)26(32-27)34(2)24-10-7-21(29)17-25(24)37-36-11-3-4-12-36/h5-10,17-18H,3-4,11-16,19H2,1-2H3,(H,30,31,32). The number of anilines is 4. The van der Waals surface area contributed by atoms with Crippen LogP contribution in [0.4, 0.5) is 27.5 Å². The average molecular weight is 542 g/mol. The lowest BCUT2D eigenvalue weighted by molar-refractivity contribution is 0.148. The first-order chi connectivity index (χ1) is 17.9.